The minimum Gasteiger partial charge on any atom is -0.484 e. The number of nitrogens with one attached hydrogen (secondary N) is 2. The van der Waals surface area contributed by atoms with Crippen LogP contribution in [-0.2, 0) is 0 Å². The topological polar surface area (TPSA) is 101 Å². The molecule has 4 rings (SSSR count). The van der Waals surface area contributed by atoms with Crippen molar-refractivity contribution in [2.75, 3.05) is 13.2 Å². The van der Waals surface area contributed by atoms with Crippen LogP contribution in [0.1, 0.15) is 42.9 Å². The van der Waals surface area contributed by atoms with E-state index >= 15 is 0 Å². The molecule has 0 bridgehead atoms. The molecular weight excluding hydrogens is 456 g/mol. The number of hydrazone groups is 2. The van der Waals surface area contributed by atoms with Gasteiger partial charge in [-0.1, -0.05) is 12.1 Å². The number of amides is 2. The molecule has 0 aliphatic carbocycles. The zero-order valence-corrected chi connectivity index (χ0v) is 19.1. The van der Waals surface area contributed by atoms with E-state index in [9.17, 15) is 9.59 Å². The summed E-state index contributed by atoms with van der Waals surface area (Å²) in [6.45, 7) is 4.20. The van der Waals surface area contributed by atoms with Gasteiger partial charge in [0.15, 0.2) is 11.5 Å². The van der Waals surface area contributed by atoms with Gasteiger partial charge in [0.25, 0.3) is 11.8 Å². The summed E-state index contributed by atoms with van der Waals surface area (Å²) in [4.78, 5) is 27.9. The fourth-order valence-corrected chi connectivity index (χ4v) is 5.02. The molecular formula is C20H18N4O4S3. The Morgan fingerprint density at radius 2 is 1.29 bits per heavy atom. The molecule has 3 aromatic heterocycles. The minimum atomic E-state index is -0.472. The van der Waals surface area contributed by atoms with Gasteiger partial charge in [-0.2, -0.15) is 10.2 Å². The number of ether oxygens (including phenoxy) is 2. The normalized spacial score (nSPS) is 13.7. The van der Waals surface area contributed by atoms with Gasteiger partial charge in [0, 0.05) is 9.75 Å². The first-order chi connectivity index (χ1) is 15.0. The van der Waals surface area contributed by atoms with E-state index in [1.807, 2.05) is 48.9 Å². The summed E-state index contributed by atoms with van der Waals surface area (Å²) >= 11 is 4.04. The maximum absolute atomic E-state index is 12.8. The van der Waals surface area contributed by atoms with Gasteiger partial charge in [0.05, 0.1) is 11.4 Å². The molecule has 2 amide bonds. The van der Waals surface area contributed by atoms with Gasteiger partial charge < -0.3 is 9.47 Å². The molecule has 1 aliphatic rings. The Labute approximate surface area is 190 Å². The average Bonchev–Trinajstić information content (AvgIpc) is 3.55. The molecule has 0 radical (unpaired) electrons. The largest absolute Gasteiger partial charge is 0.484 e. The predicted molar refractivity (Wildman–Crippen MR) is 123 cm³/mol. The second-order valence-corrected chi connectivity index (χ2v) is 9.26. The molecule has 2 N–H and O–H groups in total. The fraction of sp³-hybridized carbons (Fsp3) is 0.200. The Kier molecular flexibility index (Phi) is 6.44. The molecule has 11 heteroatoms. The van der Waals surface area contributed by atoms with Crippen molar-refractivity contribution >= 4 is 57.2 Å². The second-order valence-electron chi connectivity index (χ2n) is 6.35. The Bertz CT molecular complexity index is 1060. The van der Waals surface area contributed by atoms with Crippen LogP contribution in [-0.4, -0.2) is 36.5 Å². The quantitative estimate of drug-likeness (QED) is 0.417. The van der Waals surface area contributed by atoms with Crippen LogP contribution in [0.5, 0.6) is 11.5 Å². The summed E-state index contributed by atoms with van der Waals surface area (Å²) in [5.41, 5.74) is 6.43. The molecule has 0 fully saturated rings. The van der Waals surface area contributed by atoms with Gasteiger partial charge in [-0.3, -0.25) is 9.59 Å². The second kappa shape index (κ2) is 9.41. The zero-order valence-electron chi connectivity index (χ0n) is 16.6. The molecule has 0 unspecified atom stereocenters. The molecule has 8 nitrogen and oxygen atoms in total. The van der Waals surface area contributed by atoms with Crippen molar-refractivity contribution in [1.29, 1.82) is 0 Å². The SMILES string of the molecule is C/C(=N/NC(=O)c1sc(C(=O)N/N=C(/C)c2cccs2)c2c1OCCO2)c1cccs1. The van der Waals surface area contributed by atoms with Crippen molar-refractivity contribution < 1.29 is 19.1 Å². The third-order valence-electron chi connectivity index (χ3n) is 4.22. The Hall–Kier alpha value is -3.02. The Balaban J connectivity index is 1.54. The third kappa shape index (κ3) is 4.68. The zero-order chi connectivity index (χ0) is 21.8. The first kappa shape index (κ1) is 21.2. The highest BCUT2D eigenvalue weighted by Crippen LogP contribution is 2.44. The molecule has 1 aliphatic heterocycles. The summed E-state index contributed by atoms with van der Waals surface area (Å²) in [6, 6.07) is 7.66. The molecule has 3 aromatic rings. The lowest BCUT2D eigenvalue weighted by Crippen LogP contribution is -2.22. The van der Waals surface area contributed by atoms with Crippen molar-refractivity contribution in [3.05, 3.63) is 54.5 Å². The van der Waals surface area contributed by atoms with Gasteiger partial charge in [0.2, 0.25) is 0 Å². The summed E-state index contributed by atoms with van der Waals surface area (Å²) in [6.07, 6.45) is 0. The number of carbonyl (C=O) groups excluding carboxylic acids is 2. The van der Waals surface area contributed by atoms with Gasteiger partial charge in [-0.25, -0.2) is 10.9 Å². The number of hydrogen-bond acceptors (Lipinski definition) is 9. The minimum absolute atomic E-state index is 0.224. The van der Waals surface area contributed by atoms with E-state index in [4.69, 9.17) is 9.47 Å². The van der Waals surface area contributed by atoms with Crippen LogP contribution in [0, 0.1) is 0 Å². The van der Waals surface area contributed by atoms with Crippen molar-refractivity contribution in [3.63, 3.8) is 0 Å². The predicted octanol–water partition coefficient (Wildman–Crippen LogP) is 3.95. The molecule has 0 spiro atoms. The average molecular weight is 475 g/mol. The van der Waals surface area contributed by atoms with Crippen LogP contribution < -0.4 is 20.3 Å². The van der Waals surface area contributed by atoms with E-state index in [1.165, 1.54) is 22.7 Å². The number of fused-ring (bicyclic) bond motifs is 1. The van der Waals surface area contributed by atoms with Gasteiger partial charge >= 0.3 is 0 Å². The van der Waals surface area contributed by atoms with Crippen molar-refractivity contribution in [3.8, 4) is 11.5 Å². The third-order valence-corrected chi connectivity index (χ3v) is 7.32. The van der Waals surface area contributed by atoms with Crippen LogP contribution >= 0.6 is 34.0 Å². The number of hydrogen-bond donors (Lipinski definition) is 2. The molecule has 31 heavy (non-hydrogen) atoms. The van der Waals surface area contributed by atoms with E-state index in [1.54, 1.807) is 0 Å². The lowest BCUT2D eigenvalue weighted by Gasteiger charge is -2.16. The van der Waals surface area contributed by atoms with Crippen LogP contribution in [0.25, 0.3) is 0 Å². The maximum atomic E-state index is 12.8. The number of nitrogens with zero attached hydrogens (tertiary/aromatic N) is 2. The van der Waals surface area contributed by atoms with E-state index in [-0.39, 0.29) is 34.5 Å². The summed E-state index contributed by atoms with van der Waals surface area (Å²) in [5.74, 6) is -0.441. The first-order valence-corrected chi connectivity index (χ1v) is 11.8. The van der Waals surface area contributed by atoms with E-state index in [2.05, 4.69) is 21.1 Å². The fourth-order valence-electron chi connectivity index (χ4n) is 2.70. The van der Waals surface area contributed by atoms with Crippen molar-refractivity contribution in [2.45, 2.75) is 13.8 Å². The molecule has 160 valence electrons. The van der Waals surface area contributed by atoms with Crippen LogP contribution in [0.2, 0.25) is 0 Å². The highest BCUT2D eigenvalue weighted by atomic mass is 32.1. The molecule has 0 saturated heterocycles. The van der Waals surface area contributed by atoms with Gasteiger partial charge in [-0.05, 0) is 36.7 Å². The lowest BCUT2D eigenvalue weighted by molar-refractivity contribution is 0.0935. The number of rotatable bonds is 6. The number of thiophene rings is 3. The number of carbonyl (C=O) groups is 2. The molecule has 4 heterocycles. The Morgan fingerprint density at radius 1 is 0.839 bits per heavy atom. The Morgan fingerprint density at radius 3 is 1.68 bits per heavy atom. The highest BCUT2D eigenvalue weighted by molar-refractivity contribution is 7.16. The smallest absolute Gasteiger partial charge is 0.285 e. The van der Waals surface area contributed by atoms with Crippen molar-refractivity contribution in [1.82, 2.24) is 10.9 Å². The van der Waals surface area contributed by atoms with Crippen LogP contribution in [0.4, 0.5) is 0 Å². The maximum Gasteiger partial charge on any atom is 0.285 e. The van der Waals surface area contributed by atoms with Crippen molar-refractivity contribution in [2.24, 2.45) is 10.2 Å². The van der Waals surface area contributed by atoms with Gasteiger partial charge in [-0.15, -0.1) is 34.0 Å². The molecule has 0 saturated carbocycles. The van der Waals surface area contributed by atoms with Crippen LogP contribution in [0.3, 0.4) is 0 Å². The summed E-state index contributed by atoms with van der Waals surface area (Å²) in [5, 5.41) is 12.2. The van der Waals surface area contributed by atoms with Gasteiger partial charge in [0.1, 0.15) is 23.0 Å². The summed E-state index contributed by atoms with van der Waals surface area (Å²) < 4.78 is 11.3. The molecule has 0 atom stereocenters. The van der Waals surface area contributed by atoms with Crippen LogP contribution in [0.15, 0.2) is 45.2 Å². The monoisotopic (exact) mass is 474 g/mol. The van der Waals surface area contributed by atoms with E-state index < -0.39 is 11.8 Å². The molecule has 0 aromatic carbocycles. The first-order valence-electron chi connectivity index (χ1n) is 9.24. The van der Waals surface area contributed by atoms with E-state index in [0.717, 1.165) is 21.1 Å². The highest BCUT2D eigenvalue weighted by Gasteiger charge is 2.31. The standard InChI is InChI=1S/C20H18N4O4S3/c1-11(13-5-3-9-29-13)21-23-19(25)17-15-16(28-8-7-27-15)18(31-17)20(26)24-22-12(2)14-6-4-10-30-14/h3-6,9-10H,7-8H2,1-2H3,(H,23,25)(H,24,26)/b21-11-,22-12-. The van der Waals surface area contributed by atoms with E-state index in [0.29, 0.717) is 11.4 Å². The lowest BCUT2D eigenvalue weighted by atomic mass is 10.3. The summed E-state index contributed by atoms with van der Waals surface area (Å²) in [7, 11) is 0.